The van der Waals surface area contributed by atoms with E-state index < -0.39 is 0 Å². The molecule has 1 fully saturated rings. The van der Waals surface area contributed by atoms with Gasteiger partial charge in [0.1, 0.15) is 4.99 Å². The van der Waals surface area contributed by atoms with Crippen LogP contribution in [0.1, 0.15) is 17.0 Å². The van der Waals surface area contributed by atoms with Crippen molar-refractivity contribution < 1.29 is 0 Å². The zero-order valence-electron chi connectivity index (χ0n) is 12.1. The van der Waals surface area contributed by atoms with Gasteiger partial charge in [0.05, 0.1) is 5.56 Å². The molecule has 2 heterocycles. The Morgan fingerprint density at radius 2 is 2.15 bits per heavy atom. The van der Waals surface area contributed by atoms with E-state index in [1.807, 2.05) is 31.7 Å². The molecule has 1 aromatic heterocycles. The van der Waals surface area contributed by atoms with E-state index in [4.69, 9.17) is 18.0 Å². The SMILES string of the molecule is Cc1cc(NCCN2CCSCC2)c(C(N)=S)c(C)n1. The van der Waals surface area contributed by atoms with Gasteiger partial charge in [-0.3, -0.25) is 9.88 Å². The number of pyridine rings is 1. The second-order valence-electron chi connectivity index (χ2n) is 5.02. The van der Waals surface area contributed by atoms with Crippen molar-refractivity contribution in [2.24, 2.45) is 5.73 Å². The number of hydrogen-bond donors (Lipinski definition) is 2. The van der Waals surface area contributed by atoms with E-state index in [-0.39, 0.29) is 0 Å². The van der Waals surface area contributed by atoms with Crippen LogP contribution in [0.5, 0.6) is 0 Å². The zero-order valence-corrected chi connectivity index (χ0v) is 13.7. The fourth-order valence-electron chi connectivity index (χ4n) is 2.45. The van der Waals surface area contributed by atoms with Gasteiger partial charge in [0.2, 0.25) is 0 Å². The number of thioether (sulfide) groups is 1. The molecule has 6 heteroatoms. The number of thiocarbonyl (C=S) groups is 1. The average Bonchev–Trinajstić information content (AvgIpc) is 2.38. The Morgan fingerprint density at radius 1 is 1.45 bits per heavy atom. The molecule has 0 radical (unpaired) electrons. The van der Waals surface area contributed by atoms with Gasteiger partial charge in [0.15, 0.2) is 0 Å². The number of rotatable bonds is 5. The third-order valence-corrected chi connectivity index (χ3v) is 4.57. The van der Waals surface area contributed by atoms with Crippen LogP contribution in [0.3, 0.4) is 0 Å². The Balaban J connectivity index is 1.99. The second kappa shape index (κ2) is 7.24. The lowest BCUT2D eigenvalue weighted by atomic mass is 10.1. The van der Waals surface area contributed by atoms with Crippen LogP contribution >= 0.6 is 24.0 Å². The lowest BCUT2D eigenvalue weighted by molar-refractivity contribution is 0.314. The summed E-state index contributed by atoms with van der Waals surface area (Å²) in [6.07, 6.45) is 0. The van der Waals surface area contributed by atoms with Crippen molar-refractivity contribution in [1.82, 2.24) is 9.88 Å². The Hall–Kier alpha value is -0.850. The van der Waals surface area contributed by atoms with Crippen molar-refractivity contribution in [3.8, 4) is 0 Å². The number of aromatic nitrogens is 1. The molecule has 110 valence electrons. The van der Waals surface area contributed by atoms with Crippen LogP contribution in [0.15, 0.2) is 6.07 Å². The summed E-state index contributed by atoms with van der Waals surface area (Å²) in [6.45, 7) is 8.27. The molecule has 0 spiro atoms. The van der Waals surface area contributed by atoms with E-state index in [2.05, 4.69) is 15.2 Å². The fraction of sp³-hybridized carbons (Fsp3) is 0.571. The molecule has 0 atom stereocenters. The number of aryl methyl sites for hydroxylation is 2. The maximum Gasteiger partial charge on any atom is 0.107 e. The van der Waals surface area contributed by atoms with Crippen LogP contribution in [0.25, 0.3) is 0 Å². The first-order valence-corrected chi connectivity index (χ1v) is 8.46. The van der Waals surface area contributed by atoms with E-state index >= 15 is 0 Å². The summed E-state index contributed by atoms with van der Waals surface area (Å²) in [5.74, 6) is 2.48. The Bertz CT molecular complexity index is 484. The Morgan fingerprint density at radius 3 is 2.80 bits per heavy atom. The predicted molar refractivity (Wildman–Crippen MR) is 91.9 cm³/mol. The van der Waals surface area contributed by atoms with Crippen LogP contribution < -0.4 is 11.1 Å². The van der Waals surface area contributed by atoms with E-state index in [1.54, 1.807) is 0 Å². The number of nitrogens with two attached hydrogens (primary N) is 1. The normalized spacial score (nSPS) is 16.1. The predicted octanol–water partition coefficient (Wildman–Crippen LogP) is 1.79. The van der Waals surface area contributed by atoms with E-state index in [1.165, 1.54) is 24.6 Å². The molecule has 0 unspecified atom stereocenters. The van der Waals surface area contributed by atoms with E-state index in [0.717, 1.165) is 35.7 Å². The van der Waals surface area contributed by atoms with Crippen LogP contribution in [0, 0.1) is 13.8 Å². The third kappa shape index (κ3) is 4.07. The summed E-state index contributed by atoms with van der Waals surface area (Å²) in [4.78, 5) is 7.33. The number of anilines is 1. The second-order valence-corrected chi connectivity index (χ2v) is 6.68. The molecular weight excluding hydrogens is 288 g/mol. The molecule has 0 bridgehead atoms. The quantitative estimate of drug-likeness (QED) is 0.809. The molecule has 1 saturated heterocycles. The maximum absolute atomic E-state index is 5.82. The third-order valence-electron chi connectivity index (χ3n) is 3.42. The molecule has 0 aliphatic carbocycles. The zero-order chi connectivity index (χ0) is 14.5. The standard InChI is InChI=1S/C14H22N4S2/c1-10-9-12(13(14(15)19)11(2)17-10)16-3-4-18-5-7-20-8-6-18/h9H,3-8H2,1-2H3,(H2,15,19)(H,16,17). The molecule has 20 heavy (non-hydrogen) atoms. The molecule has 4 nitrogen and oxygen atoms in total. The summed E-state index contributed by atoms with van der Waals surface area (Å²) in [6, 6.07) is 2.02. The first-order chi connectivity index (χ1) is 9.58. The van der Waals surface area contributed by atoms with Crippen molar-refractivity contribution in [2.45, 2.75) is 13.8 Å². The van der Waals surface area contributed by atoms with Gasteiger partial charge in [-0.05, 0) is 19.9 Å². The highest BCUT2D eigenvalue weighted by Gasteiger charge is 2.12. The first kappa shape index (κ1) is 15.5. The molecule has 0 saturated carbocycles. The molecule has 1 aliphatic heterocycles. The highest BCUT2D eigenvalue weighted by atomic mass is 32.2. The van der Waals surface area contributed by atoms with Crippen molar-refractivity contribution in [3.63, 3.8) is 0 Å². The van der Waals surface area contributed by atoms with Crippen molar-refractivity contribution >= 4 is 34.7 Å². The summed E-state index contributed by atoms with van der Waals surface area (Å²) >= 11 is 7.18. The Labute approximate surface area is 130 Å². The van der Waals surface area contributed by atoms with Crippen molar-refractivity contribution in [1.29, 1.82) is 0 Å². The van der Waals surface area contributed by atoms with Crippen molar-refractivity contribution in [2.75, 3.05) is 43.0 Å². The molecular formula is C14H22N4S2. The lowest BCUT2D eigenvalue weighted by Gasteiger charge is -2.26. The molecule has 1 aliphatic rings. The van der Waals surface area contributed by atoms with E-state index in [0.29, 0.717) is 4.99 Å². The average molecular weight is 310 g/mol. The monoisotopic (exact) mass is 310 g/mol. The largest absolute Gasteiger partial charge is 0.389 e. The molecule has 1 aromatic rings. The summed E-state index contributed by atoms with van der Waals surface area (Å²) in [5, 5.41) is 3.47. The van der Waals surface area contributed by atoms with E-state index in [9.17, 15) is 0 Å². The van der Waals surface area contributed by atoms with Crippen LogP contribution in [0.2, 0.25) is 0 Å². The molecule has 3 N–H and O–H groups in total. The first-order valence-electron chi connectivity index (χ1n) is 6.90. The molecule has 0 amide bonds. The van der Waals surface area contributed by atoms with Gasteiger partial charge in [-0.25, -0.2) is 0 Å². The Kier molecular flexibility index (Phi) is 5.63. The van der Waals surface area contributed by atoms with Gasteiger partial charge < -0.3 is 11.1 Å². The topological polar surface area (TPSA) is 54.2 Å². The summed E-state index contributed by atoms with van der Waals surface area (Å²) < 4.78 is 0. The van der Waals surface area contributed by atoms with Crippen LogP contribution in [-0.4, -0.2) is 52.6 Å². The van der Waals surface area contributed by atoms with Gasteiger partial charge in [-0.15, -0.1) is 0 Å². The summed E-state index contributed by atoms with van der Waals surface area (Å²) in [5.41, 5.74) is 9.58. The highest BCUT2D eigenvalue weighted by Crippen LogP contribution is 2.19. The van der Waals surface area contributed by atoms with Gasteiger partial charge in [-0.2, -0.15) is 11.8 Å². The van der Waals surface area contributed by atoms with Crippen LogP contribution in [0.4, 0.5) is 5.69 Å². The highest BCUT2D eigenvalue weighted by molar-refractivity contribution is 7.99. The lowest BCUT2D eigenvalue weighted by Crippen LogP contribution is -2.36. The smallest absolute Gasteiger partial charge is 0.107 e. The van der Waals surface area contributed by atoms with Crippen molar-refractivity contribution in [3.05, 3.63) is 23.0 Å². The minimum Gasteiger partial charge on any atom is -0.389 e. The van der Waals surface area contributed by atoms with Gasteiger partial charge >= 0.3 is 0 Å². The number of nitrogens with one attached hydrogen (secondary N) is 1. The molecule has 2 rings (SSSR count). The van der Waals surface area contributed by atoms with Gasteiger partial charge in [0, 0.05) is 54.8 Å². The minimum atomic E-state index is 0.409. The summed E-state index contributed by atoms with van der Waals surface area (Å²) in [7, 11) is 0. The van der Waals surface area contributed by atoms with Gasteiger partial charge in [-0.1, -0.05) is 12.2 Å². The molecule has 0 aromatic carbocycles. The maximum atomic E-state index is 5.82. The fourth-order valence-corrected chi connectivity index (χ4v) is 3.69. The number of nitrogens with zero attached hydrogens (tertiary/aromatic N) is 2. The van der Waals surface area contributed by atoms with Gasteiger partial charge in [0.25, 0.3) is 0 Å². The minimum absolute atomic E-state index is 0.409. The van der Waals surface area contributed by atoms with Crippen LogP contribution in [-0.2, 0) is 0 Å². The number of hydrogen-bond acceptors (Lipinski definition) is 5.